The van der Waals surface area contributed by atoms with E-state index in [1.54, 1.807) is 18.2 Å². The minimum Gasteiger partial charge on any atom is -0.385 e. The Morgan fingerprint density at radius 2 is 2.14 bits per heavy atom. The number of benzene rings is 1. The molecule has 1 aliphatic rings. The standard InChI is InChI=1S/C12H15FO/c1-9-6-7-12(14,8-9)10-4-2-3-5-11(10)13/h2-5,9,14H,6-8H2,1H3/t9-,12-/m1/s1. The van der Waals surface area contributed by atoms with Crippen molar-refractivity contribution in [2.24, 2.45) is 5.92 Å². The van der Waals surface area contributed by atoms with Crippen LogP contribution in [-0.2, 0) is 5.60 Å². The minimum absolute atomic E-state index is 0.288. The molecular formula is C12H15FO. The summed E-state index contributed by atoms with van der Waals surface area (Å²) in [6.45, 7) is 2.10. The summed E-state index contributed by atoms with van der Waals surface area (Å²) in [5.41, 5.74) is -0.463. The zero-order valence-corrected chi connectivity index (χ0v) is 8.33. The van der Waals surface area contributed by atoms with E-state index in [4.69, 9.17) is 0 Å². The molecule has 1 aromatic carbocycles. The van der Waals surface area contributed by atoms with Gasteiger partial charge in [0.15, 0.2) is 0 Å². The summed E-state index contributed by atoms with van der Waals surface area (Å²) in [5.74, 6) is 0.198. The summed E-state index contributed by atoms with van der Waals surface area (Å²) in [4.78, 5) is 0. The van der Waals surface area contributed by atoms with Gasteiger partial charge in [-0.15, -0.1) is 0 Å². The van der Waals surface area contributed by atoms with E-state index in [9.17, 15) is 9.50 Å². The van der Waals surface area contributed by atoms with Crippen LogP contribution in [0.4, 0.5) is 4.39 Å². The molecule has 1 fully saturated rings. The van der Waals surface area contributed by atoms with Crippen molar-refractivity contribution in [2.45, 2.75) is 31.8 Å². The van der Waals surface area contributed by atoms with Crippen molar-refractivity contribution in [1.29, 1.82) is 0 Å². The highest BCUT2D eigenvalue weighted by molar-refractivity contribution is 5.25. The third kappa shape index (κ3) is 1.55. The highest BCUT2D eigenvalue weighted by atomic mass is 19.1. The van der Waals surface area contributed by atoms with Gasteiger partial charge in [-0.2, -0.15) is 0 Å². The number of hydrogen-bond donors (Lipinski definition) is 1. The molecule has 1 N–H and O–H groups in total. The molecule has 0 bridgehead atoms. The number of halogens is 1. The van der Waals surface area contributed by atoms with Crippen molar-refractivity contribution < 1.29 is 9.50 Å². The molecule has 0 radical (unpaired) electrons. The fourth-order valence-corrected chi connectivity index (χ4v) is 2.35. The molecular weight excluding hydrogens is 179 g/mol. The molecule has 0 spiro atoms. The third-order valence-corrected chi connectivity index (χ3v) is 3.11. The lowest BCUT2D eigenvalue weighted by Gasteiger charge is -2.23. The highest BCUT2D eigenvalue weighted by Crippen LogP contribution is 2.42. The first-order chi connectivity index (χ1) is 6.62. The van der Waals surface area contributed by atoms with Crippen molar-refractivity contribution in [1.82, 2.24) is 0 Å². The molecule has 2 rings (SSSR count). The molecule has 0 heterocycles. The molecule has 1 aromatic rings. The molecule has 76 valence electrons. The predicted octanol–water partition coefficient (Wildman–Crippen LogP) is 2.83. The molecule has 0 saturated heterocycles. The molecule has 0 amide bonds. The van der Waals surface area contributed by atoms with Gasteiger partial charge in [-0.3, -0.25) is 0 Å². The van der Waals surface area contributed by atoms with Gasteiger partial charge in [-0.25, -0.2) is 4.39 Å². The van der Waals surface area contributed by atoms with E-state index < -0.39 is 5.60 Å². The molecule has 1 nitrogen and oxygen atoms in total. The van der Waals surface area contributed by atoms with Crippen molar-refractivity contribution in [2.75, 3.05) is 0 Å². The molecule has 0 aliphatic heterocycles. The Balaban J connectivity index is 2.35. The van der Waals surface area contributed by atoms with Crippen LogP contribution in [0.5, 0.6) is 0 Å². The first kappa shape index (κ1) is 9.66. The van der Waals surface area contributed by atoms with Gasteiger partial charge in [0.2, 0.25) is 0 Å². The van der Waals surface area contributed by atoms with E-state index in [1.165, 1.54) is 6.07 Å². The van der Waals surface area contributed by atoms with Gasteiger partial charge >= 0.3 is 0 Å². The monoisotopic (exact) mass is 194 g/mol. The van der Waals surface area contributed by atoms with E-state index in [2.05, 4.69) is 6.92 Å². The number of hydrogen-bond acceptors (Lipinski definition) is 1. The quantitative estimate of drug-likeness (QED) is 0.728. The van der Waals surface area contributed by atoms with Crippen LogP contribution in [0.1, 0.15) is 31.7 Å². The maximum Gasteiger partial charge on any atom is 0.129 e. The van der Waals surface area contributed by atoms with Crippen LogP contribution in [0.25, 0.3) is 0 Å². The first-order valence-electron chi connectivity index (χ1n) is 5.09. The predicted molar refractivity (Wildman–Crippen MR) is 53.3 cm³/mol. The second-order valence-electron chi connectivity index (χ2n) is 4.36. The Morgan fingerprint density at radius 3 is 2.71 bits per heavy atom. The fraction of sp³-hybridized carbons (Fsp3) is 0.500. The van der Waals surface area contributed by atoms with Crippen LogP contribution in [0.15, 0.2) is 24.3 Å². The molecule has 2 atom stereocenters. The van der Waals surface area contributed by atoms with E-state index in [0.717, 1.165) is 6.42 Å². The van der Waals surface area contributed by atoms with Crippen molar-refractivity contribution in [3.63, 3.8) is 0 Å². The van der Waals surface area contributed by atoms with Crippen molar-refractivity contribution in [3.05, 3.63) is 35.6 Å². The number of aliphatic hydroxyl groups is 1. The average molecular weight is 194 g/mol. The third-order valence-electron chi connectivity index (χ3n) is 3.11. The van der Waals surface area contributed by atoms with Crippen LogP contribution in [0.3, 0.4) is 0 Å². The summed E-state index contributed by atoms with van der Waals surface area (Å²) < 4.78 is 13.5. The molecule has 1 saturated carbocycles. The van der Waals surface area contributed by atoms with Crippen LogP contribution < -0.4 is 0 Å². The Labute approximate surface area is 83.6 Å². The highest BCUT2D eigenvalue weighted by Gasteiger charge is 2.38. The zero-order chi connectivity index (χ0) is 10.2. The van der Waals surface area contributed by atoms with Crippen molar-refractivity contribution in [3.8, 4) is 0 Å². The summed E-state index contributed by atoms with van der Waals surface area (Å²) in [7, 11) is 0. The van der Waals surface area contributed by atoms with Crippen LogP contribution in [-0.4, -0.2) is 5.11 Å². The van der Waals surface area contributed by atoms with E-state index in [-0.39, 0.29) is 5.82 Å². The van der Waals surface area contributed by atoms with Gasteiger partial charge in [0.05, 0.1) is 5.60 Å². The van der Waals surface area contributed by atoms with Gasteiger partial charge < -0.3 is 5.11 Å². The Kier molecular flexibility index (Phi) is 2.31. The zero-order valence-electron chi connectivity index (χ0n) is 8.33. The smallest absolute Gasteiger partial charge is 0.129 e. The molecule has 0 aromatic heterocycles. The average Bonchev–Trinajstić information content (AvgIpc) is 2.48. The van der Waals surface area contributed by atoms with Crippen molar-refractivity contribution >= 4 is 0 Å². The van der Waals surface area contributed by atoms with Gasteiger partial charge in [0.25, 0.3) is 0 Å². The SMILES string of the molecule is C[C@@H]1CC[C@](O)(c2ccccc2F)C1. The van der Waals surface area contributed by atoms with Gasteiger partial charge in [0, 0.05) is 5.56 Å². The minimum atomic E-state index is -0.926. The second kappa shape index (κ2) is 3.35. The molecule has 1 aliphatic carbocycles. The Bertz CT molecular complexity index is 337. The molecule has 0 unspecified atom stereocenters. The van der Waals surface area contributed by atoms with E-state index >= 15 is 0 Å². The number of rotatable bonds is 1. The largest absolute Gasteiger partial charge is 0.385 e. The summed E-state index contributed by atoms with van der Waals surface area (Å²) in [6.07, 6.45) is 2.33. The Hall–Kier alpha value is -0.890. The Morgan fingerprint density at radius 1 is 1.43 bits per heavy atom. The maximum atomic E-state index is 13.5. The lowest BCUT2D eigenvalue weighted by atomic mass is 9.91. The molecule has 14 heavy (non-hydrogen) atoms. The fourth-order valence-electron chi connectivity index (χ4n) is 2.35. The topological polar surface area (TPSA) is 20.2 Å². The van der Waals surface area contributed by atoms with Crippen LogP contribution in [0, 0.1) is 11.7 Å². The van der Waals surface area contributed by atoms with Crippen LogP contribution >= 0.6 is 0 Å². The lowest BCUT2D eigenvalue weighted by molar-refractivity contribution is 0.0371. The van der Waals surface area contributed by atoms with Crippen LogP contribution in [0.2, 0.25) is 0 Å². The van der Waals surface area contributed by atoms with Gasteiger partial charge in [0.1, 0.15) is 5.82 Å². The summed E-state index contributed by atoms with van der Waals surface area (Å²) in [5, 5.41) is 10.3. The first-order valence-corrected chi connectivity index (χ1v) is 5.09. The lowest BCUT2D eigenvalue weighted by Crippen LogP contribution is -2.23. The van der Waals surface area contributed by atoms with E-state index in [0.29, 0.717) is 24.3 Å². The second-order valence-corrected chi connectivity index (χ2v) is 4.36. The molecule has 2 heteroatoms. The van der Waals surface area contributed by atoms with Gasteiger partial charge in [-0.1, -0.05) is 25.1 Å². The normalized spacial score (nSPS) is 32.1. The summed E-state index contributed by atoms with van der Waals surface area (Å²) in [6, 6.07) is 6.53. The van der Waals surface area contributed by atoms with E-state index in [1.807, 2.05) is 0 Å². The maximum absolute atomic E-state index is 13.5. The van der Waals surface area contributed by atoms with Gasteiger partial charge in [-0.05, 0) is 31.2 Å². The summed E-state index contributed by atoms with van der Waals surface area (Å²) >= 11 is 0.